The van der Waals surface area contributed by atoms with Gasteiger partial charge in [-0.1, -0.05) is 12.1 Å². The highest BCUT2D eigenvalue weighted by Gasteiger charge is 2.24. The van der Waals surface area contributed by atoms with E-state index in [1.54, 1.807) is 19.3 Å². The summed E-state index contributed by atoms with van der Waals surface area (Å²) in [6, 6.07) is 13.1. The van der Waals surface area contributed by atoms with E-state index in [1.165, 1.54) is 0 Å². The van der Waals surface area contributed by atoms with E-state index in [0.717, 1.165) is 14.7 Å². The van der Waals surface area contributed by atoms with Gasteiger partial charge in [-0.15, -0.1) is 0 Å². The number of rotatable bonds is 5. The summed E-state index contributed by atoms with van der Waals surface area (Å²) in [6.45, 7) is 2.42. The molecular formula is C19H16INO4. The molecule has 2 aromatic rings. The molecule has 0 N–H and O–H groups in total. The van der Waals surface area contributed by atoms with Crippen molar-refractivity contribution in [2.24, 2.45) is 4.99 Å². The molecule has 0 amide bonds. The molecule has 1 aliphatic rings. The fraction of sp³-hybridized carbons (Fsp3) is 0.158. The molecule has 25 heavy (non-hydrogen) atoms. The van der Waals surface area contributed by atoms with E-state index in [1.807, 2.05) is 43.3 Å². The molecule has 6 heteroatoms. The van der Waals surface area contributed by atoms with Crippen molar-refractivity contribution in [3.05, 3.63) is 62.9 Å². The molecule has 3 rings (SSSR count). The number of aliphatic imine (C=N–C) groups is 1. The lowest BCUT2D eigenvalue weighted by Gasteiger charge is -2.09. The zero-order valence-corrected chi connectivity index (χ0v) is 15.9. The van der Waals surface area contributed by atoms with E-state index in [0.29, 0.717) is 24.0 Å². The average molecular weight is 449 g/mol. The number of methoxy groups -OCH3 is 1. The Labute approximate surface area is 159 Å². The van der Waals surface area contributed by atoms with Gasteiger partial charge >= 0.3 is 5.97 Å². The highest BCUT2D eigenvalue weighted by Crippen LogP contribution is 2.29. The molecule has 0 saturated carbocycles. The Hall–Kier alpha value is -2.35. The highest BCUT2D eigenvalue weighted by atomic mass is 127. The van der Waals surface area contributed by atoms with Crippen molar-refractivity contribution in [3.8, 4) is 11.5 Å². The second-order valence-electron chi connectivity index (χ2n) is 5.19. The van der Waals surface area contributed by atoms with E-state index in [2.05, 4.69) is 27.6 Å². The van der Waals surface area contributed by atoms with Crippen molar-refractivity contribution in [2.45, 2.75) is 6.92 Å². The van der Waals surface area contributed by atoms with Gasteiger partial charge < -0.3 is 14.2 Å². The minimum Gasteiger partial charge on any atom is -0.493 e. The average Bonchev–Trinajstić information content (AvgIpc) is 2.96. The third-order valence-corrected chi connectivity index (χ3v) is 4.15. The summed E-state index contributed by atoms with van der Waals surface area (Å²) in [5.74, 6) is 1.10. The van der Waals surface area contributed by atoms with Gasteiger partial charge in [0.1, 0.15) is 0 Å². The van der Waals surface area contributed by atoms with Gasteiger partial charge in [0, 0.05) is 9.13 Å². The molecule has 0 fully saturated rings. The molecule has 0 radical (unpaired) electrons. The first-order valence-electron chi connectivity index (χ1n) is 7.70. The number of hydrogen-bond acceptors (Lipinski definition) is 5. The van der Waals surface area contributed by atoms with Crippen LogP contribution in [0.5, 0.6) is 11.5 Å². The summed E-state index contributed by atoms with van der Waals surface area (Å²) in [5.41, 5.74) is 1.80. The number of carbonyl (C=O) groups excluding carboxylic acids is 1. The van der Waals surface area contributed by atoms with Crippen LogP contribution in [0.4, 0.5) is 0 Å². The summed E-state index contributed by atoms with van der Waals surface area (Å²) in [4.78, 5) is 16.4. The van der Waals surface area contributed by atoms with Gasteiger partial charge in [-0.2, -0.15) is 0 Å². The molecule has 0 atom stereocenters. The smallest absolute Gasteiger partial charge is 0.363 e. The first-order chi connectivity index (χ1) is 12.1. The number of carbonyl (C=O) groups is 1. The minimum atomic E-state index is -0.470. The summed E-state index contributed by atoms with van der Waals surface area (Å²) in [7, 11) is 1.59. The van der Waals surface area contributed by atoms with Crippen LogP contribution in [0.2, 0.25) is 0 Å². The quantitative estimate of drug-likeness (QED) is 0.393. The fourth-order valence-corrected chi connectivity index (χ4v) is 2.91. The number of esters is 1. The van der Waals surface area contributed by atoms with Crippen LogP contribution in [-0.2, 0) is 9.53 Å². The minimum absolute atomic E-state index is 0.251. The van der Waals surface area contributed by atoms with Crippen molar-refractivity contribution in [2.75, 3.05) is 13.7 Å². The number of cyclic esters (lactones) is 1. The Morgan fingerprint density at radius 3 is 2.76 bits per heavy atom. The largest absolute Gasteiger partial charge is 0.493 e. The van der Waals surface area contributed by atoms with Crippen molar-refractivity contribution in [1.82, 2.24) is 0 Å². The van der Waals surface area contributed by atoms with Gasteiger partial charge in [-0.25, -0.2) is 9.79 Å². The molecule has 0 aromatic heterocycles. The molecule has 1 aliphatic heterocycles. The van der Waals surface area contributed by atoms with Crippen LogP contribution < -0.4 is 9.47 Å². The third-order valence-electron chi connectivity index (χ3n) is 3.48. The monoisotopic (exact) mass is 449 g/mol. The molecule has 0 aliphatic carbocycles. The number of hydrogen-bond donors (Lipinski definition) is 0. The van der Waals surface area contributed by atoms with E-state index in [4.69, 9.17) is 14.2 Å². The Kier molecular flexibility index (Phi) is 5.37. The van der Waals surface area contributed by atoms with E-state index in [-0.39, 0.29) is 5.70 Å². The van der Waals surface area contributed by atoms with Crippen LogP contribution in [0, 0.1) is 3.57 Å². The van der Waals surface area contributed by atoms with Crippen LogP contribution in [0.3, 0.4) is 0 Å². The lowest BCUT2D eigenvalue weighted by atomic mass is 10.1. The standard InChI is InChI=1S/C19H16INO4/c1-3-24-17-10-12(7-8-16(17)23-2)9-15-19(22)25-18(21-15)13-5-4-6-14(20)11-13/h4-11H,3H2,1-2H3. The maximum Gasteiger partial charge on any atom is 0.363 e. The SMILES string of the molecule is CCOc1cc(C=C2N=C(c3cccc(I)c3)OC2=O)ccc1OC. The second-order valence-corrected chi connectivity index (χ2v) is 6.44. The number of benzene rings is 2. The number of nitrogens with zero attached hydrogens (tertiary/aromatic N) is 1. The van der Waals surface area contributed by atoms with Gasteiger partial charge in [0.15, 0.2) is 17.2 Å². The lowest BCUT2D eigenvalue weighted by molar-refractivity contribution is -0.129. The normalized spacial score (nSPS) is 15.1. The van der Waals surface area contributed by atoms with Gasteiger partial charge in [0.2, 0.25) is 5.90 Å². The summed E-state index contributed by atoms with van der Waals surface area (Å²) in [6.07, 6.45) is 1.67. The van der Waals surface area contributed by atoms with Crippen LogP contribution in [0.25, 0.3) is 6.08 Å². The zero-order valence-electron chi connectivity index (χ0n) is 13.8. The van der Waals surface area contributed by atoms with E-state index < -0.39 is 5.97 Å². The van der Waals surface area contributed by atoms with E-state index in [9.17, 15) is 4.79 Å². The molecule has 0 unspecified atom stereocenters. The Balaban J connectivity index is 1.93. The summed E-state index contributed by atoms with van der Waals surface area (Å²) >= 11 is 2.20. The molecular weight excluding hydrogens is 433 g/mol. The summed E-state index contributed by atoms with van der Waals surface area (Å²) in [5, 5.41) is 0. The lowest BCUT2D eigenvalue weighted by Crippen LogP contribution is -2.05. The van der Waals surface area contributed by atoms with Gasteiger partial charge in [0.05, 0.1) is 13.7 Å². The predicted molar refractivity (Wildman–Crippen MR) is 104 cm³/mol. The Morgan fingerprint density at radius 1 is 1.20 bits per heavy atom. The maximum atomic E-state index is 12.1. The van der Waals surface area contributed by atoms with Crippen molar-refractivity contribution in [1.29, 1.82) is 0 Å². The number of halogens is 1. The van der Waals surface area contributed by atoms with Crippen LogP contribution in [-0.4, -0.2) is 25.6 Å². The third kappa shape index (κ3) is 4.01. The number of ether oxygens (including phenoxy) is 3. The Bertz CT molecular complexity index is 873. The molecule has 0 spiro atoms. The van der Waals surface area contributed by atoms with E-state index >= 15 is 0 Å². The molecule has 0 saturated heterocycles. The fourth-order valence-electron chi connectivity index (χ4n) is 2.36. The topological polar surface area (TPSA) is 57.1 Å². The van der Waals surface area contributed by atoms with Crippen molar-refractivity contribution >= 4 is 40.5 Å². The predicted octanol–water partition coefficient (Wildman–Crippen LogP) is 4.04. The summed E-state index contributed by atoms with van der Waals surface area (Å²) < 4.78 is 17.2. The Morgan fingerprint density at radius 2 is 2.04 bits per heavy atom. The highest BCUT2D eigenvalue weighted by molar-refractivity contribution is 14.1. The second kappa shape index (κ2) is 7.69. The zero-order chi connectivity index (χ0) is 17.8. The molecule has 128 valence electrons. The van der Waals surface area contributed by atoms with Crippen LogP contribution >= 0.6 is 22.6 Å². The van der Waals surface area contributed by atoms with Crippen molar-refractivity contribution < 1.29 is 19.0 Å². The maximum absolute atomic E-state index is 12.1. The molecule has 0 bridgehead atoms. The van der Waals surface area contributed by atoms with Gasteiger partial charge in [0.25, 0.3) is 0 Å². The first-order valence-corrected chi connectivity index (χ1v) is 8.78. The van der Waals surface area contributed by atoms with Gasteiger partial charge in [-0.05, 0) is 71.5 Å². The molecule has 1 heterocycles. The molecule has 2 aromatic carbocycles. The molecule has 5 nitrogen and oxygen atoms in total. The van der Waals surface area contributed by atoms with Crippen LogP contribution in [0.15, 0.2) is 53.2 Å². The van der Waals surface area contributed by atoms with Crippen LogP contribution in [0.1, 0.15) is 18.1 Å². The first kappa shape index (κ1) is 17.5. The van der Waals surface area contributed by atoms with Crippen molar-refractivity contribution in [3.63, 3.8) is 0 Å². The van der Waals surface area contributed by atoms with Gasteiger partial charge in [-0.3, -0.25) is 0 Å².